The van der Waals surface area contributed by atoms with Crippen molar-refractivity contribution in [1.82, 2.24) is 0 Å². The Balaban J connectivity index is 1.28. The molecule has 0 bridgehead atoms. The number of anilines is 3. The molecule has 0 fully saturated rings. The fraction of sp³-hybridized carbons (Fsp3) is 0.0270. The van der Waals surface area contributed by atoms with Gasteiger partial charge in [-0.1, -0.05) is 36.4 Å². The van der Waals surface area contributed by atoms with Gasteiger partial charge in [0, 0.05) is 24.1 Å². The number of phenolic OH excluding ortho intramolecular Hbond substituents is 3. The molecule has 9 N–H and O–H groups in total. The molecule has 0 unspecified atom stereocenters. The van der Waals surface area contributed by atoms with Gasteiger partial charge in [-0.15, -0.1) is 0 Å². The van der Waals surface area contributed by atoms with Gasteiger partial charge in [0.15, 0.2) is 0 Å². The van der Waals surface area contributed by atoms with Crippen LogP contribution in [0.25, 0.3) is 0 Å². The lowest BCUT2D eigenvalue weighted by molar-refractivity contribution is 0.456. The van der Waals surface area contributed by atoms with Gasteiger partial charge in [-0.3, -0.25) is 0 Å². The van der Waals surface area contributed by atoms with Gasteiger partial charge in [-0.25, -0.2) is 0 Å². The zero-order valence-electron chi connectivity index (χ0n) is 24.5. The molecule has 0 aliphatic heterocycles. The van der Waals surface area contributed by atoms with Gasteiger partial charge in [-0.2, -0.15) is 0 Å². The van der Waals surface area contributed by atoms with E-state index in [-0.39, 0.29) is 40.2 Å². The summed E-state index contributed by atoms with van der Waals surface area (Å²) in [7, 11) is 0. The van der Waals surface area contributed by atoms with Crippen LogP contribution in [-0.2, 0) is 0 Å². The average molecular weight is 614 g/mol. The molecule has 0 aromatic heterocycles. The van der Waals surface area contributed by atoms with E-state index in [1.165, 1.54) is 18.2 Å². The molecule has 230 valence electrons. The second-order valence-corrected chi connectivity index (χ2v) is 10.6. The molecule has 6 aromatic carbocycles. The highest BCUT2D eigenvalue weighted by Gasteiger charge is 2.18. The van der Waals surface area contributed by atoms with Gasteiger partial charge < -0.3 is 46.7 Å². The zero-order valence-corrected chi connectivity index (χ0v) is 24.5. The average Bonchev–Trinajstić information content (AvgIpc) is 3.05. The summed E-state index contributed by atoms with van der Waals surface area (Å²) >= 11 is 0. The van der Waals surface area contributed by atoms with Crippen LogP contribution in [0.15, 0.2) is 127 Å². The molecule has 0 saturated heterocycles. The number of hydrogen-bond acceptors (Lipinski definition) is 9. The summed E-state index contributed by atoms with van der Waals surface area (Å²) in [6.07, 6.45) is 0. The van der Waals surface area contributed by atoms with E-state index in [0.29, 0.717) is 34.5 Å². The lowest BCUT2D eigenvalue weighted by atomic mass is 9.85. The molecule has 6 rings (SSSR count). The van der Waals surface area contributed by atoms with E-state index in [1.54, 1.807) is 36.4 Å². The van der Waals surface area contributed by atoms with Gasteiger partial charge in [0.1, 0.15) is 51.7 Å². The monoisotopic (exact) mass is 613 g/mol. The molecule has 0 amide bonds. The summed E-state index contributed by atoms with van der Waals surface area (Å²) in [6.45, 7) is 0. The van der Waals surface area contributed by atoms with Crippen LogP contribution in [0.4, 0.5) is 17.1 Å². The first-order chi connectivity index (χ1) is 22.2. The van der Waals surface area contributed by atoms with Gasteiger partial charge >= 0.3 is 0 Å². The third-order valence-electron chi connectivity index (χ3n) is 7.35. The van der Waals surface area contributed by atoms with Crippen LogP contribution in [0.2, 0.25) is 0 Å². The van der Waals surface area contributed by atoms with Crippen LogP contribution in [0.3, 0.4) is 0 Å². The van der Waals surface area contributed by atoms with Crippen LogP contribution in [-0.4, -0.2) is 15.3 Å². The number of nitrogen functional groups attached to an aromatic ring is 3. The Labute approximate surface area is 265 Å². The fourth-order valence-corrected chi connectivity index (χ4v) is 4.93. The summed E-state index contributed by atoms with van der Waals surface area (Å²) in [5, 5.41) is 29.8. The maximum atomic E-state index is 9.94. The lowest BCUT2D eigenvalue weighted by Gasteiger charge is -2.20. The summed E-state index contributed by atoms with van der Waals surface area (Å²) < 4.78 is 17.8. The molecule has 0 aliphatic carbocycles. The third-order valence-corrected chi connectivity index (χ3v) is 7.35. The van der Waals surface area contributed by atoms with Gasteiger partial charge in [0.05, 0.1) is 17.1 Å². The molecule has 0 radical (unpaired) electrons. The first-order valence-electron chi connectivity index (χ1n) is 14.3. The quantitative estimate of drug-likeness (QED) is 0.0536. The number of aromatic hydroxyl groups is 3. The Morgan fingerprint density at radius 1 is 0.348 bits per heavy atom. The maximum absolute atomic E-state index is 9.94. The molecule has 0 atom stereocenters. The smallest absolute Gasteiger partial charge is 0.142 e. The third kappa shape index (κ3) is 6.68. The van der Waals surface area contributed by atoms with E-state index in [9.17, 15) is 15.3 Å². The summed E-state index contributed by atoms with van der Waals surface area (Å²) in [5.41, 5.74) is 21.0. The van der Waals surface area contributed by atoms with Crippen LogP contribution >= 0.6 is 0 Å². The van der Waals surface area contributed by atoms with Crippen LogP contribution in [0, 0.1) is 0 Å². The highest BCUT2D eigenvalue weighted by atomic mass is 16.5. The van der Waals surface area contributed by atoms with Crippen molar-refractivity contribution >= 4 is 17.1 Å². The Kier molecular flexibility index (Phi) is 8.12. The number of benzene rings is 6. The van der Waals surface area contributed by atoms with Crippen molar-refractivity contribution in [1.29, 1.82) is 0 Å². The van der Waals surface area contributed by atoms with Crippen molar-refractivity contribution in [3.8, 4) is 51.7 Å². The molecule has 9 nitrogen and oxygen atoms in total. The van der Waals surface area contributed by atoms with E-state index in [2.05, 4.69) is 0 Å². The first-order valence-corrected chi connectivity index (χ1v) is 14.3. The molecule has 0 heterocycles. The fourth-order valence-electron chi connectivity index (χ4n) is 4.93. The standard InChI is InChI=1S/C37H31N3O6/c38-31-16-13-28(19-34(31)41)44-25-7-1-22(2-8-25)37(23-3-9-26(10-4-23)45-29-14-17-32(39)35(42)20-29)24-5-11-27(12-6-24)46-30-15-18-33(40)36(43)21-30/h1-21,37,41-43H,38-40H2. The largest absolute Gasteiger partial charge is 0.506 e. The number of phenols is 3. The summed E-state index contributed by atoms with van der Waals surface area (Å²) in [5.74, 6) is 2.87. The highest BCUT2D eigenvalue weighted by molar-refractivity contribution is 5.57. The van der Waals surface area contributed by atoms with E-state index < -0.39 is 0 Å². The zero-order chi connectivity index (χ0) is 32.2. The van der Waals surface area contributed by atoms with E-state index in [4.69, 9.17) is 31.4 Å². The first kappa shape index (κ1) is 29.6. The molecule has 0 aliphatic rings. The van der Waals surface area contributed by atoms with Crippen LogP contribution in [0.1, 0.15) is 22.6 Å². The van der Waals surface area contributed by atoms with Gasteiger partial charge in [0.2, 0.25) is 0 Å². The van der Waals surface area contributed by atoms with Crippen molar-refractivity contribution < 1.29 is 29.5 Å². The molecular formula is C37H31N3O6. The maximum Gasteiger partial charge on any atom is 0.142 e. The molecule has 9 heteroatoms. The Hall–Kier alpha value is -6.48. The molecular weight excluding hydrogens is 582 g/mol. The highest BCUT2D eigenvalue weighted by Crippen LogP contribution is 2.37. The molecule has 0 spiro atoms. The second-order valence-electron chi connectivity index (χ2n) is 10.6. The number of hydrogen-bond donors (Lipinski definition) is 6. The van der Waals surface area contributed by atoms with Gasteiger partial charge in [-0.05, 0) is 89.5 Å². The van der Waals surface area contributed by atoms with Crippen molar-refractivity contribution in [3.63, 3.8) is 0 Å². The van der Waals surface area contributed by atoms with E-state index >= 15 is 0 Å². The Morgan fingerprint density at radius 3 is 0.826 bits per heavy atom. The lowest BCUT2D eigenvalue weighted by Crippen LogP contribution is -2.03. The second kappa shape index (κ2) is 12.6. The minimum atomic E-state index is -0.168. The predicted molar refractivity (Wildman–Crippen MR) is 178 cm³/mol. The molecule has 46 heavy (non-hydrogen) atoms. The number of nitrogens with two attached hydrogens (primary N) is 3. The van der Waals surface area contributed by atoms with Crippen molar-refractivity contribution in [3.05, 3.63) is 144 Å². The SMILES string of the molecule is Nc1ccc(Oc2ccc(C(c3ccc(Oc4ccc(N)c(O)c4)cc3)c3ccc(Oc4ccc(N)c(O)c4)cc3)cc2)cc1O. The minimum Gasteiger partial charge on any atom is -0.506 e. The normalized spacial score (nSPS) is 10.9. The van der Waals surface area contributed by atoms with Crippen molar-refractivity contribution in [2.24, 2.45) is 0 Å². The van der Waals surface area contributed by atoms with Crippen LogP contribution < -0.4 is 31.4 Å². The minimum absolute atomic E-state index is 0.0459. The van der Waals surface area contributed by atoms with Crippen LogP contribution in [0.5, 0.6) is 51.7 Å². The Bertz CT molecular complexity index is 1750. The molecule has 0 saturated carbocycles. The molecule has 6 aromatic rings. The summed E-state index contributed by atoms with van der Waals surface area (Å²) in [6, 6.07) is 37.4. The van der Waals surface area contributed by atoms with E-state index in [1.807, 2.05) is 72.8 Å². The number of ether oxygens (including phenoxy) is 3. The summed E-state index contributed by atoms with van der Waals surface area (Å²) in [4.78, 5) is 0. The van der Waals surface area contributed by atoms with Crippen molar-refractivity contribution in [2.45, 2.75) is 5.92 Å². The Morgan fingerprint density at radius 2 is 0.587 bits per heavy atom. The van der Waals surface area contributed by atoms with Crippen molar-refractivity contribution in [2.75, 3.05) is 17.2 Å². The van der Waals surface area contributed by atoms with Gasteiger partial charge in [0.25, 0.3) is 0 Å². The predicted octanol–water partition coefficient (Wildman–Crippen LogP) is 8.11. The number of rotatable bonds is 9. The topological polar surface area (TPSA) is 166 Å². The van der Waals surface area contributed by atoms with E-state index in [0.717, 1.165) is 16.7 Å².